The highest BCUT2D eigenvalue weighted by molar-refractivity contribution is 9.10. The van der Waals surface area contributed by atoms with Gasteiger partial charge in [-0.15, -0.1) is 0 Å². The van der Waals surface area contributed by atoms with Gasteiger partial charge in [0.1, 0.15) is 12.2 Å². The van der Waals surface area contributed by atoms with Crippen LogP contribution in [0.5, 0.6) is 17.2 Å². The van der Waals surface area contributed by atoms with Crippen LogP contribution >= 0.6 is 39.1 Å². The molecular weight excluding hydrogens is 635 g/mol. The second-order valence-corrected chi connectivity index (χ2v) is 10.7. The Morgan fingerprint density at radius 3 is 2.22 bits per heavy atom. The van der Waals surface area contributed by atoms with Gasteiger partial charge in [-0.25, -0.2) is 4.79 Å². The minimum Gasteiger partial charge on any atom is -0.490 e. The summed E-state index contributed by atoms with van der Waals surface area (Å²) in [4.78, 5) is 39.5. The van der Waals surface area contributed by atoms with E-state index >= 15 is 0 Å². The van der Waals surface area contributed by atoms with E-state index in [1.165, 1.54) is 18.2 Å². The quantitative estimate of drug-likeness (QED) is 0.173. The number of hydrogen-bond donors (Lipinski definition) is 1. The van der Waals surface area contributed by atoms with Gasteiger partial charge in [0.15, 0.2) is 17.2 Å². The van der Waals surface area contributed by atoms with Crippen LogP contribution in [-0.2, 0) is 22.7 Å². The Balaban J connectivity index is 1.54. The minimum atomic E-state index is -0.825. The van der Waals surface area contributed by atoms with Crippen molar-refractivity contribution in [2.24, 2.45) is 0 Å². The van der Waals surface area contributed by atoms with Gasteiger partial charge in [0, 0.05) is 4.47 Å². The van der Waals surface area contributed by atoms with Crippen LogP contribution in [0.15, 0.2) is 64.6 Å². The van der Waals surface area contributed by atoms with E-state index in [0.29, 0.717) is 35.8 Å². The molecule has 11 heteroatoms. The van der Waals surface area contributed by atoms with Gasteiger partial charge in [-0.05, 0) is 72.5 Å². The molecule has 41 heavy (non-hydrogen) atoms. The second kappa shape index (κ2) is 13.9. The highest BCUT2D eigenvalue weighted by atomic mass is 79.9. The maximum absolute atomic E-state index is 13.3. The lowest BCUT2D eigenvalue weighted by molar-refractivity contribution is -0.130. The minimum absolute atomic E-state index is 0.0895. The number of urea groups is 1. The van der Waals surface area contributed by atoms with Crippen LogP contribution in [-0.4, -0.2) is 36.0 Å². The van der Waals surface area contributed by atoms with Crippen molar-refractivity contribution >= 4 is 63.1 Å². The topological polar surface area (TPSA) is 94.2 Å². The van der Waals surface area contributed by atoms with Crippen LogP contribution in [0.3, 0.4) is 0 Å². The predicted molar refractivity (Wildman–Crippen MR) is 160 cm³/mol. The third kappa shape index (κ3) is 7.61. The van der Waals surface area contributed by atoms with Crippen LogP contribution in [0.1, 0.15) is 37.0 Å². The zero-order valence-corrected chi connectivity index (χ0v) is 25.4. The predicted octanol–water partition coefficient (Wildman–Crippen LogP) is 7.18. The Morgan fingerprint density at radius 2 is 1.56 bits per heavy atom. The molecule has 0 saturated carbocycles. The Morgan fingerprint density at radius 1 is 0.878 bits per heavy atom. The van der Waals surface area contributed by atoms with Crippen LogP contribution in [0.25, 0.3) is 6.08 Å². The highest BCUT2D eigenvalue weighted by Crippen LogP contribution is 2.36. The van der Waals surface area contributed by atoms with Crippen LogP contribution in [0.4, 0.5) is 4.79 Å². The van der Waals surface area contributed by atoms with E-state index in [2.05, 4.69) is 21.2 Å². The molecule has 8 nitrogen and oxygen atoms in total. The molecule has 1 aliphatic heterocycles. The van der Waals surface area contributed by atoms with Crippen molar-refractivity contribution in [3.05, 3.63) is 91.4 Å². The van der Waals surface area contributed by atoms with E-state index < -0.39 is 17.8 Å². The van der Waals surface area contributed by atoms with Gasteiger partial charge in [-0.3, -0.25) is 19.8 Å². The fraction of sp³-hybridized carbons (Fsp3) is 0.233. The third-order valence-corrected chi connectivity index (χ3v) is 7.01. The van der Waals surface area contributed by atoms with Gasteiger partial charge >= 0.3 is 6.03 Å². The van der Waals surface area contributed by atoms with Gasteiger partial charge in [0.2, 0.25) is 0 Å². The first-order chi connectivity index (χ1) is 19.7. The standard InChI is InChI=1S/C30H27BrCl2N2O6/c1-3-11-40-25-10-7-19(15-26(25)39-4-2)16-35-29(37)22(28(36)34-30(35)38)12-20-13-23(32)27(24(33)14-20)41-17-18-5-8-21(31)9-6-18/h5-10,12-15H,3-4,11,16-17H2,1-2H3,(H,34,36,38)/b22-12+. The van der Waals surface area contributed by atoms with E-state index in [9.17, 15) is 14.4 Å². The van der Waals surface area contributed by atoms with E-state index in [1.807, 2.05) is 38.1 Å². The van der Waals surface area contributed by atoms with Crippen molar-refractivity contribution in [3.8, 4) is 17.2 Å². The highest BCUT2D eigenvalue weighted by Gasteiger charge is 2.36. The summed E-state index contributed by atoms with van der Waals surface area (Å²) in [5.74, 6) is -0.239. The first-order valence-electron chi connectivity index (χ1n) is 12.8. The van der Waals surface area contributed by atoms with Gasteiger partial charge in [-0.2, -0.15) is 0 Å². The van der Waals surface area contributed by atoms with Gasteiger partial charge in [0.05, 0.1) is 29.8 Å². The van der Waals surface area contributed by atoms with Crippen molar-refractivity contribution in [2.75, 3.05) is 13.2 Å². The van der Waals surface area contributed by atoms with E-state index in [0.717, 1.165) is 21.4 Å². The fourth-order valence-electron chi connectivity index (χ4n) is 3.97. The number of halogens is 3. The van der Waals surface area contributed by atoms with Crippen molar-refractivity contribution in [2.45, 2.75) is 33.4 Å². The SMILES string of the molecule is CCCOc1ccc(CN2C(=O)NC(=O)/C(=C\c3cc(Cl)c(OCc4ccc(Br)cc4)c(Cl)c3)C2=O)cc1OCC. The number of carbonyl (C=O) groups excluding carboxylic acids is 3. The number of amides is 4. The third-order valence-electron chi connectivity index (χ3n) is 5.92. The molecule has 0 bridgehead atoms. The molecule has 4 amide bonds. The lowest BCUT2D eigenvalue weighted by Gasteiger charge is -2.26. The molecule has 0 spiro atoms. The zero-order valence-electron chi connectivity index (χ0n) is 22.3. The summed E-state index contributed by atoms with van der Waals surface area (Å²) in [6, 6.07) is 15.0. The molecule has 3 aromatic carbocycles. The number of hydrogen-bond acceptors (Lipinski definition) is 6. The van der Waals surface area contributed by atoms with Gasteiger partial charge in [0.25, 0.3) is 11.8 Å². The smallest absolute Gasteiger partial charge is 0.331 e. The number of barbiturate groups is 1. The van der Waals surface area contributed by atoms with Crippen molar-refractivity contribution in [3.63, 3.8) is 0 Å². The average molecular weight is 662 g/mol. The second-order valence-electron chi connectivity index (χ2n) is 9.00. The zero-order chi connectivity index (χ0) is 29.5. The van der Waals surface area contributed by atoms with E-state index in [4.69, 9.17) is 37.4 Å². The van der Waals surface area contributed by atoms with Crippen LogP contribution in [0.2, 0.25) is 10.0 Å². The van der Waals surface area contributed by atoms with Crippen molar-refractivity contribution in [1.82, 2.24) is 10.2 Å². The molecule has 1 fully saturated rings. The Hall–Kier alpha value is -3.53. The summed E-state index contributed by atoms with van der Waals surface area (Å²) >= 11 is 16.3. The molecule has 0 radical (unpaired) electrons. The summed E-state index contributed by atoms with van der Waals surface area (Å²) in [7, 11) is 0. The van der Waals surface area contributed by atoms with Crippen molar-refractivity contribution < 1.29 is 28.6 Å². The fourth-order valence-corrected chi connectivity index (χ4v) is 4.85. The van der Waals surface area contributed by atoms with E-state index in [-0.39, 0.29) is 34.5 Å². The maximum atomic E-state index is 13.3. The first-order valence-corrected chi connectivity index (χ1v) is 14.4. The maximum Gasteiger partial charge on any atom is 0.331 e. The van der Waals surface area contributed by atoms with Gasteiger partial charge < -0.3 is 14.2 Å². The molecular formula is C30H27BrCl2N2O6. The molecule has 1 heterocycles. The molecule has 1 saturated heterocycles. The Bertz CT molecular complexity index is 1470. The molecule has 214 valence electrons. The first kappa shape index (κ1) is 30.4. The number of imide groups is 2. The van der Waals surface area contributed by atoms with Gasteiger partial charge in [-0.1, -0.05) is 64.3 Å². The molecule has 0 aliphatic carbocycles. The summed E-state index contributed by atoms with van der Waals surface area (Å²) in [6.07, 6.45) is 2.16. The normalized spacial score (nSPS) is 14.3. The van der Waals surface area contributed by atoms with E-state index in [1.54, 1.807) is 18.2 Å². The molecule has 0 atom stereocenters. The molecule has 0 unspecified atom stereocenters. The number of nitrogens with one attached hydrogen (secondary N) is 1. The summed E-state index contributed by atoms with van der Waals surface area (Å²) in [5.41, 5.74) is 1.68. The number of nitrogens with zero attached hydrogens (tertiary/aromatic N) is 1. The number of ether oxygens (including phenoxy) is 3. The number of benzene rings is 3. The summed E-state index contributed by atoms with van der Waals surface area (Å²) < 4.78 is 18.2. The Kier molecular flexibility index (Phi) is 10.3. The lowest BCUT2D eigenvalue weighted by Crippen LogP contribution is -2.53. The molecule has 4 rings (SSSR count). The monoisotopic (exact) mass is 660 g/mol. The molecule has 3 aromatic rings. The summed E-state index contributed by atoms with van der Waals surface area (Å²) in [5, 5.41) is 2.62. The Labute approximate surface area is 256 Å². The molecule has 1 aliphatic rings. The average Bonchev–Trinajstić information content (AvgIpc) is 2.93. The molecule has 0 aromatic heterocycles. The largest absolute Gasteiger partial charge is 0.490 e. The number of carbonyl (C=O) groups is 3. The summed E-state index contributed by atoms with van der Waals surface area (Å²) in [6.45, 7) is 4.93. The van der Waals surface area contributed by atoms with Crippen molar-refractivity contribution in [1.29, 1.82) is 0 Å². The lowest BCUT2D eigenvalue weighted by atomic mass is 10.1. The number of rotatable bonds is 11. The van der Waals surface area contributed by atoms with Crippen LogP contribution < -0.4 is 19.5 Å². The molecule has 1 N–H and O–H groups in total. The van der Waals surface area contributed by atoms with Crippen LogP contribution in [0, 0.1) is 0 Å².